The largest absolute Gasteiger partial charge is 0.335 e. The van der Waals surface area contributed by atoms with Gasteiger partial charge in [0.1, 0.15) is 0 Å². The number of pyridine rings is 1. The zero-order valence-corrected chi connectivity index (χ0v) is 17.7. The lowest BCUT2D eigenvalue weighted by Crippen LogP contribution is -2.30. The van der Waals surface area contributed by atoms with Crippen molar-refractivity contribution in [1.82, 2.24) is 19.7 Å². The third-order valence-corrected chi connectivity index (χ3v) is 6.15. The molecule has 1 unspecified atom stereocenters. The lowest BCUT2D eigenvalue weighted by atomic mass is 10.0. The molecule has 0 spiro atoms. The highest BCUT2D eigenvalue weighted by Gasteiger charge is 2.24. The lowest BCUT2D eigenvalue weighted by Gasteiger charge is -2.26. The molecule has 0 aliphatic rings. The summed E-state index contributed by atoms with van der Waals surface area (Å²) >= 11 is 0. The van der Waals surface area contributed by atoms with Crippen molar-refractivity contribution in [3.05, 3.63) is 52.8 Å². The van der Waals surface area contributed by atoms with Gasteiger partial charge >= 0.3 is 0 Å². The molecule has 7 nitrogen and oxygen atoms in total. The van der Waals surface area contributed by atoms with E-state index in [9.17, 15) is 13.2 Å². The molecule has 1 aromatic carbocycles. The predicted molar refractivity (Wildman–Crippen MR) is 108 cm³/mol. The molecule has 8 heteroatoms. The number of amides is 1. The molecule has 2 heterocycles. The Kier molecular flexibility index (Phi) is 5.01. The Morgan fingerprint density at radius 3 is 2.36 bits per heavy atom. The van der Waals surface area contributed by atoms with Crippen molar-refractivity contribution in [3.8, 4) is 0 Å². The van der Waals surface area contributed by atoms with E-state index in [4.69, 9.17) is 0 Å². The maximum atomic E-state index is 13.3. The van der Waals surface area contributed by atoms with Gasteiger partial charge in [0, 0.05) is 26.0 Å². The first kappa shape index (κ1) is 20.0. The molecule has 3 rings (SSSR count). The van der Waals surface area contributed by atoms with Gasteiger partial charge in [-0.15, -0.1) is 0 Å². The first-order valence-corrected chi connectivity index (χ1v) is 10.8. The fourth-order valence-electron chi connectivity index (χ4n) is 3.32. The number of carbonyl (C=O) groups is 1. The summed E-state index contributed by atoms with van der Waals surface area (Å²) in [5.74, 6) is -0.133. The first-order chi connectivity index (χ1) is 13.0. The van der Waals surface area contributed by atoms with Crippen molar-refractivity contribution < 1.29 is 13.2 Å². The number of benzene rings is 1. The summed E-state index contributed by atoms with van der Waals surface area (Å²) in [6.07, 6.45) is 1.17. The smallest absolute Gasteiger partial charge is 0.254 e. The van der Waals surface area contributed by atoms with Crippen molar-refractivity contribution in [2.75, 3.05) is 13.3 Å². The predicted octanol–water partition coefficient (Wildman–Crippen LogP) is 2.82. The summed E-state index contributed by atoms with van der Waals surface area (Å²) < 4.78 is 25.0. The van der Waals surface area contributed by atoms with Crippen molar-refractivity contribution in [1.29, 1.82) is 0 Å². The SMILES string of the molecule is Cc1cc(C(=O)N(C)C(C)c2ccc(S(C)(=O)=O)cc2)c2c(C)nn(C)c2n1. The van der Waals surface area contributed by atoms with Crippen molar-refractivity contribution in [2.45, 2.75) is 31.7 Å². The van der Waals surface area contributed by atoms with E-state index in [2.05, 4.69) is 10.1 Å². The molecule has 0 saturated carbocycles. The molecule has 0 aliphatic carbocycles. The summed E-state index contributed by atoms with van der Waals surface area (Å²) in [7, 11) is 0.299. The van der Waals surface area contributed by atoms with Crippen LogP contribution in [0.5, 0.6) is 0 Å². The number of fused-ring (bicyclic) bond motifs is 1. The van der Waals surface area contributed by atoms with Crippen molar-refractivity contribution in [2.24, 2.45) is 7.05 Å². The maximum absolute atomic E-state index is 13.3. The Hall–Kier alpha value is -2.74. The molecule has 0 aliphatic heterocycles. The van der Waals surface area contributed by atoms with Gasteiger partial charge in [0.2, 0.25) is 0 Å². The van der Waals surface area contributed by atoms with Gasteiger partial charge in [-0.25, -0.2) is 13.4 Å². The average Bonchev–Trinajstić information content (AvgIpc) is 2.92. The molecule has 2 aromatic heterocycles. The molecule has 148 valence electrons. The molecule has 1 atom stereocenters. The monoisotopic (exact) mass is 400 g/mol. The number of nitrogens with zero attached hydrogens (tertiary/aromatic N) is 4. The number of hydrogen-bond donors (Lipinski definition) is 0. The number of carbonyl (C=O) groups excluding carboxylic acids is 1. The second-order valence-electron chi connectivity index (χ2n) is 7.15. The van der Waals surface area contributed by atoms with Gasteiger partial charge in [0.25, 0.3) is 5.91 Å². The number of aromatic nitrogens is 3. The van der Waals surface area contributed by atoms with E-state index in [0.29, 0.717) is 11.2 Å². The molecular weight excluding hydrogens is 376 g/mol. The van der Waals surface area contributed by atoms with Gasteiger partial charge in [-0.1, -0.05) is 12.1 Å². The molecule has 28 heavy (non-hydrogen) atoms. The summed E-state index contributed by atoms with van der Waals surface area (Å²) in [5.41, 5.74) is 3.60. The molecule has 0 bridgehead atoms. The average molecular weight is 401 g/mol. The van der Waals surface area contributed by atoms with Crippen molar-refractivity contribution >= 4 is 26.8 Å². The summed E-state index contributed by atoms with van der Waals surface area (Å²) in [6, 6.07) is 8.18. The molecular formula is C20H24N4O3S. The van der Waals surface area contributed by atoms with E-state index < -0.39 is 9.84 Å². The van der Waals surface area contributed by atoms with Gasteiger partial charge < -0.3 is 4.90 Å². The highest BCUT2D eigenvalue weighted by atomic mass is 32.2. The quantitative estimate of drug-likeness (QED) is 0.672. The zero-order valence-electron chi connectivity index (χ0n) is 16.9. The topological polar surface area (TPSA) is 85.2 Å². The van der Waals surface area contributed by atoms with Crippen LogP contribution >= 0.6 is 0 Å². The fraction of sp³-hybridized carbons (Fsp3) is 0.350. The Morgan fingerprint density at radius 1 is 1.18 bits per heavy atom. The minimum absolute atomic E-state index is 0.133. The highest BCUT2D eigenvalue weighted by Crippen LogP contribution is 2.27. The van der Waals surface area contributed by atoms with E-state index in [1.165, 1.54) is 6.26 Å². The van der Waals surface area contributed by atoms with E-state index >= 15 is 0 Å². The van der Waals surface area contributed by atoms with Crippen LogP contribution in [0.1, 0.15) is 40.3 Å². The number of sulfone groups is 1. The second kappa shape index (κ2) is 7.01. The third kappa shape index (κ3) is 3.52. The summed E-state index contributed by atoms with van der Waals surface area (Å²) in [4.78, 5) is 19.7. The minimum Gasteiger partial charge on any atom is -0.335 e. The van der Waals surface area contributed by atoms with Crippen LogP contribution in [0.15, 0.2) is 35.2 Å². The van der Waals surface area contributed by atoms with Crippen LogP contribution in [-0.4, -0.2) is 47.3 Å². The highest BCUT2D eigenvalue weighted by molar-refractivity contribution is 7.90. The number of hydrogen-bond acceptors (Lipinski definition) is 5. The van der Waals surface area contributed by atoms with E-state index in [-0.39, 0.29) is 16.8 Å². The van der Waals surface area contributed by atoms with Crippen LogP contribution in [0.4, 0.5) is 0 Å². The number of rotatable bonds is 4. The molecule has 0 N–H and O–H groups in total. The first-order valence-electron chi connectivity index (χ1n) is 8.89. The standard InChI is InChI=1S/C20H24N4O3S/c1-12-11-17(18-13(2)22-24(5)19(18)21-12)20(25)23(4)14(3)15-7-9-16(10-8-15)28(6,26)27/h7-11,14H,1-6H3. The lowest BCUT2D eigenvalue weighted by molar-refractivity contribution is 0.0744. The van der Waals surface area contributed by atoms with E-state index in [0.717, 1.165) is 22.3 Å². The van der Waals surface area contributed by atoms with Gasteiger partial charge in [-0.2, -0.15) is 5.10 Å². The summed E-state index contributed by atoms with van der Waals surface area (Å²) in [5, 5.41) is 5.15. The van der Waals surface area contributed by atoms with Crippen LogP contribution in [0.2, 0.25) is 0 Å². The fourth-order valence-corrected chi connectivity index (χ4v) is 3.95. The van der Waals surface area contributed by atoms with Crippen LogP contribution in [-0.2, 0) is 16.9 Å². The van der Waals surface area contributed by atoms with Gasteiger partial charge in [0.15, 0.2) is 15.5 Å². The second-order valence-corrected chi connectivity index (χ2v) is 9.17. The van der Waals surface area contributed by atoms with Crippen LogP contribution < -0.4 is 0 Å². The third-order valence-electron chi connectivity index (χ3n) is 5.02. The maximum Gasteiger partial charge on any atom is 0.254 e. The molecule has 1 amide bonds. The van der Waals surface area contributed by atoms with Crippen LogP contribution in [0, 0.1) is 13.8 Å². The minimum atomic E-state index is -3.25. The van der Waals surface area contributed by atoms with Gasteiger partial charge in [-0.3, -0.25) is 9.48 Å². The Labute approximate surface area is 164 Å². The normalized spacial score (nSPS) is 12.9. The Balaban J connectivity index is 1.98. The molecule has 3 aromatic rings. The van der Waals surface area contributed by atoms with E-state index in [1.54, 1.807) is 47.0 Å². The van der Waals surface area contributed by atoms with Gasteiger partial charge in [0.05, 0.1) is 27.6 Å². The molecule has 0 radical (unpaired) electrons. The van der Waals surface area contributed by atoms with Gasteiger partial charge in [-0.05, 0) is 44.5 Å². The van der Waals surface area contributed by atoms with Crippen molar-refractivity contribution in [3.63, 3.8) is 0 Å². The zero-order chi connectivity index (χ0) is 20.8. The molecule has 0 fully saturated rings. The Morgan fingerprint density at radius 2 is 1.79 bits per heavy atom. The van der Waals surface area contributed by atoms with Crippen LogP contribution in [0.3, 0.4) is 0 Å². The summed E-state index contributed by atoms with van der Waals surface area (Å²) in [6.45, 7) is 5.63. The molecule has 0 saturated heterocycles. The van der Waals surface area contributed by atoms with Crippen LogP contribution in [0.25, 0.3) is 11.0 Å². The Bertz CT molecular complexity index is 1160. The van der Waals surface area contributed by atoms with E-state index in [1.807, 2.05) is 27.8 Å². The number of aryl methyl sites for hydroxylation is 3.